The fourth-order valence-corrected chi connectivity index (χ4v) is 4.16. The van der Waals surface area contributed by atoms with Gasteiger partial charge in [0.2, 0.25) is 5.91 Å². The maximum atomic E-state index is 12.5. The Labute approximate surface area is 165 Å². The summed E-state index contributed by atoms with van der Waals surface area (Å²) in [6, 6.07) is 19.6. The Morgan fingerprint density at radius 1 is 1.04 bits per heavy atom. The summed E-state index contributed by atoms with van der Waals surface area (Å²) in [5.41, 5.74) is 4.72. The van der Waals surface area contributed by atoms with Gasteiger partial charge in [-0.3, -0.25) is 4.79 Å². The van der Waals surface area contributed by atoms with Gasteiger partial charge in [-0.2, -0.15) is 0 Å². The number of aromatic amines is 1. The molecule has 0 aliphatic carbocycles. The molecule has 0 atom stereocenters. The minimum atomic E-state index is -0.0401. The Bertz CT molecular complexity index is 1250. The number of anilines is 1. The molecule has 5 aromatic rings. The fraction of sp³-hybridized carbons (Fsp3) is 0.0455. The van der Waals surface area contributed by atoms with Crippen LogP contribution in [0.1, 0.15) is 5.56 Å². The van der Waals surface area contributed by atoms with Crippen molar-refractivity contribution in [2.24, 2.45) is 0 Å². The zero-order valence-electron chi connectivity index (χ0n) is 14.8. The third-order valence-electron chi connectivity index (χ3n) is 4.61. The van der Waals surface area contributed by atoms with E-state index in [9.17, 15) is 4.79 Å². The number of rotatable bonds is 4. The Kier molecular flexibility index (Phi) is 4.10. The number of aromatic nitrogens is 3. The number of amides is 1. The van der Waals surface area contributed by atoms with Gasteiger partial charge in [0.05, 0.1) is 6.42 Å². The molecule has 2 aromatic carbocycles. The van der Waals surface area contributed by atoms with Crippen molar-refractivity contribution in [3.8, 4) is 10.6 Å². The SMILES string of the molecule is O=C(Cc1c[nH]c2ccccc12)Nc1ccc(-c2nc3cccnc3s2)cc1. The van der Waals surface area contributed by atoms with E-state index in [1.54, 1.807) is 17.5 Å². The summed E-state index contributed by atoms with van der Waals surface area (Å²) in [6.07, 6.45) is 4.00. The molecule has 3 heterocycles. The molecular weight excluding hydrogens is 368 g/mol. The summed E-state index contributed by atoms with van der Waals surface area (Å²) in [4.78, 5) is 25.5. The van der Waals surface area contributed by atoms with E-state index in [1.807, 2.05) is 66.9 Å². The van der Waals surface area contributed by atoms with Gasteiger partial charge in [0.1, 0.15) is 15.4 Å². The number of fused-ring (bicyclic) bond motifs is 2. The van der Waals surface area contributed by atoms with E-state index < -0.39 is 0 Å². The van der Waals surface area contributed by atoms with Crippen molar-refractivity contribution in [2.45, 2.75) is 6.42 Å². The molecule has 1 amide bonds. The van der Waals surface area contributed by atoms with Gasteiger partial charge in [-0.1, -0.05) is 29.5 Å². The van der Waals surface area contributed by atoms with Crippen LogP contribution in [0.15, 0.2) is 73.1 Å². The minimum absolute atomic E-state index is 0.0401. The highest BCUT2D eigenvalue weighted by atomic mass is 32.1. The Morgan fingerprint density at radius 3 is 2.75 bits per heavy atom. The van der Waals surface area contributed by atoms with Crippen LogP contribution in [0.5, 0.6) is 0 Å². The maximum absolute atomic E-state index is 12.5. The van der Waals surface area contributed by atoms with Gasteiger partial charge in [-0.05, 0) is 48.0 Å². The average molecular weight is 384 g/mol. The fourth-order valence-electron chi connectivity index (χ4n) is 3.25. The Balaban J connectivity index is 1.31. The number of carbonyl (C=O) groups excluding carboxylic acids is 1. The largest absolute Gasteiger partial charge is 0.361 e. The standard InChI is InChI=1S/C22H16N4OS/c27-20(12-15-13-24-18-5-2-1-4-17(15)18)25-16-9-7-14(8-10-16)21-26-19-6-3-11-23-22(19)28-21/h1-11,13,24H,12H2,(H,25,27). The predicted octanol–water partition coefficient (Wildman–Crippen LogP) is 5.02. The molecule has 0 radical (unpaired) electrons. The molecule has 0 saturated heterocycles. The van der Waals surface area contributed by atoms with Gasteiger partial charge in [0.15, 0.2) is 0 Å². The molecule has 3 aromatic heterocycles. The highest BCUT2D eigenvalue weighted by molar-refractivity contribution is 7.21. The van der Waals surface area contributed by atoms with Gasteiger partial charge in [-0.25, -0.2) is 9.97 Å². The zero-order chi connectivity index (χ0) is 18.9. The number of benzene rings is 2. The smallest absolute Gasteiger partial charge is 0.228 e. The quantitative estimate of drug-likeness (QED) is 0.457. The Morgan fingerprint density at radius 2 is 1.89 bits per heavy atom. The average Bonchev–Trinajstić information content (AvgIpc) is 3.33. The second-order valence-electron chi connectivity index (χ2n) is 6.51. The summed E-state index contributed by atoms with van der Waals surface area (Å²) in [7, 11) is 0. The van der Waals surface area contributed by atoms with Crippen LogP contribution in [0, 0.1) is 0 Å². The van der Waals surface area contributed by atoms with E-state index in [1.165, 1.54) is 0 Å². The van der Waals surface area contributed by atoms with Gasteiger partial charge in [-0.15, -0.1) is 0 Å². The first-order valence-electron chi connectivity index (χ1n) is 8.93. The molecule has 0 fully saturated rings. The lowest BCUT2D eigenvalue weighted by Crippen LogP contribution is -2.14. The van der Waals surface area contributed by atoms with Crippen LogP contribution < -0.4 is 5.32 Å². The highest BCUT2D eigenvalue weighted by Gasteiger charge is 2.10. The van der Waals surface area contributed by atoms with Crippen molar-refractivity contribution in [2.75, 3.05) is 5.32 Å². The molecule has 0 bridgehead atoms. The number of para-hydroxylation sites is 1. The minimum Gasteiger partial charge on any atom is -0.361 e. The summed E-state index contributed by atoms with van der Waals surface area (Å²) in [5.74, 6) is -0.0401. The second kappa shape index (κ2) is 6.90. The van der Waals surface area contributed by atoms with Gasteiger partial charge in [0.25, 0.3) is 0 Å². The molecule has 5 nitrogen and oxygen atoms in total. The van der Waals surface area contributed by atoms with Gasteiger partial charge < -0.3 is 10.3 Å². The number of nitrogens with zero attached hydrogens (tertiary/aromatic N) is 2. The number of carbonyl (C=O) groups is 1. The summed E-state index contributed by atoms with van der Waals surface area (Å²) in [6.45, 7) is 0. The van der Waals surface area contributed by atoms with Crippen LogP contribution in [0.25, 0.3) is 31.8 Å². The van der Waals surface area contributed by atoms with Crippen LogP contribution >= 0.6 is 11.3 Å². The zero-order valence-corrected chi connectivity index (χ0v) is 15.7. The van der Waals surface area contributed by atoms with E-state index in [0.29, 0.717) is 6.42 Å². The predicted molar refractivity (Wildman–Crippen MR) is 113 cm³/mol. The Hall–Kier alpha value is -3.51. The van der Waals surface area contributed by atoms with E-state index in [0.717, 1.165) is 43.1 Å². The number of hydrogen-bond donors (Lipinski definition) is 2. The molecular formula is C22H16N4OS. The van der Waals surface area contributed by atoms with Crippen LogP contribution in [0.3, 0.4) is 0 Å². The molecule has 5 rings (SSSR count). The van der Waals surface area contributed by atoms with Gasteiger partial charge in [0, 0.05) is 34.5 Å². The lowest BCUT2D eigenvalue weighted by Gasteiger charge is -2.05. The van der Waals surface area contributed by atoms with Crippen LogP contribution in [0.4, 0.5) is 5.69 Å². The van der Waals surface area contributed by atoms with E-state index in [4.69, 9.17) is 0 Å². The first kappa shape index (κ1) is 16.6. The third kappa shape index (κ3) is 3.14. The molecule has 28 heavy (non-hydrogen) atoms. The van der Waals surface area contributed by atoms with Crippen LogP contribution in [-0.4, -0.2) is 20.9 Å². The van der Waals surface area contributed by atoms with E-state index >= 15 is 0 Å². The van der Waals surface area contributed by atoms with Crippen molar-refractivity contribution in [3.63, 3.8) is 0 Å². The van der Waals surface area contributed by atoms with Crippen molar-refractivity contribution >= 4 is 44.2 Å². The number of pyridine rings is 1. The molecule has 0 spiro atoms. The van der Waals surface area contributed by atoms with Gasteiger partial charge >= 0.3 is 0 Å². The van der Waals surface area contributed by atoms with Crippen molar-refractivity contribution < 1.29 is 4.79 Å². The highest BCUT2D eigenvalue weighted by Crippen LogP contribution is 2.29. The molecule has 0 aliphatic rings. The number of H-pyrrole nitrogens is 1. The lowest BCUT2D eigenvalue weighted by molar-refractivity contribution is -0.115. The van der Waals surface area contributed by atoms with Crippen molar-refractivity contribution in [3.05, 3.63) is 78.6 Å². The normalized spacial score (nSPS) is 11.1. The lowest BCUT2D eigenvalue weighted by atomic mass is 10.1. The summed E-state index contributed by atoms with van der Waals surface area (Å²) in [5, 5.41) is 4.97. The molecule has 0 unspecified atom stereocenters. The number of thiazole rings is 1. The van der Waals surface area contributed by atoms with E-state index in [-0.39, 0.29) is 5.91 Å². The monoisotopic (exact) mass is 384 g/mol. The molecule has 2 N–H and O–H groups in total. The topological polar surface area (TPSA) is 70.7 Å². The third-order valence-corrected chi connectivity index (χ3v) is 5.64. The van der Waals surface area contributed by atoms with Crippen molar-refractivity contribution in [1.82, 2.24) is 15.0 Å². The molecule has 0 saturated carbocycles. The maximum Gasteiger partial charge on any atom is 0.228 e. The van der Waals surface area contributed by atoms with Crippen LogP contribution in [-0.2, 0) is 11.2 Å². The molecule has 6 heteroatoms. The number of nitrogens with one attached hydrogen (secondary N) is 2. The second-order valence-corrected chi connectivity index (χ2v) is 7.49. The first-order chi connectivity index (χ1) is 13.8. The first-order valence-corrected chi connectivity index (χ1v) is 9.75. The van der Waals surface area contributed by atoms with Crippen LogP contribution in [0.2, 0.25) is 0 Å². The number of hydrogen-bond acceptors (Lipinski definition) is 4. The molecule has 136 valence electrons. The van der Waals surface area contributed by atoms with Crippen molar-refractivity contribution in [1.29, 1.82) is 0 Å². The van der Waals surface area contributed by atoms with E-state index in [2.05, 4.69) is 20.3 Å². The summed E-state index contributed by atoms with van der Waals surface area (Å²) >= 11 is 1.56. The molecule has 0 aliphatic heterocycles. The summed E-state index contributed by atoms with van der Waals surface area (Å²) < 4.78 is 0.